The van der Waals surface area contributed by atoms with Crippen LogP contribution in [0.25, 0.3) is 10.2 Å². The topological polar surface area (TPSA) is 88.8 Å². The van der Waals surface area contributed by atoms with Crippen molar-refractivity contribution in [2.24, 2.45) is 0 Å². The van der Waals surface area contributed by atoms with Crippen LogP contribution in [0.1, 0.15) is 16.8 Å². The maximum Gasteiger partial charge on any atom is 0.270 e. The number of hydrogen-bond donors (Lipinski definition) is 0. The minimum atomic E-state index is -0.535. The molecule has 1 fully saturated rings. The zero-order chi connectivity index (χ0) is 21.8. The monoisotopic (exact) mass is 444 g/mol. The van der Waals surface area contributed by atoms with Crippen molar-refractivity contribution in [3.8, 4) is 0 Å². The summed E-state index contributed by atoms with van der Waals surface area (Å²) in [5.41, 5.74) is 0.252. The molecule has 4 rings (SSSR count). The highest BCUT2D eigenvalue weighted by atomic mass is 32.1. The number of nitrogens with zero attached hydrogens (tertiary/aromatic N) is 4. The molecule has 10 heteroatoms. The van der Waals surface area contributed by atoms with Crippen LogP contribution in [0.15, 0.2) is 42.5 Å². The minimum Gasteiger partial charge on any atom is -0.379 e. The van der Waals surface area contributed by atoms with Crippen molar-refractivity contribution in [2.45, 2.75) is 6.42 Å². The summed E-state index contributed by atoms with van der Waals surface area (Å²) < 4.78 is 20.2. The lowest BCUT2D eigenvalue weighted by molar-refractivity contribution is -0.384. The molecule has 31 heavy (non-hydrogen) atoms. The van der Waals surface area contributed by atoms with E-state index in [2.05, 4.69) is 9.88 Å². The van der Waals surface area contributed by atoms with Gasteiger partial charge in [-0.2, -0.15) is 0 Å². The van der Waals surface area contributed by atoms with Gasteiger partial charge in [-0.3, -0.25) is 24.7 Å². The van der Waals surface area contributed by atoms with E-state index in [1.165, 1.54) is 46.6 Å². The van der Waals surface area contributed by atoms with E-state index in [4.69, 9.17) is 4.74 Å². The molecular weight excluding hydrogens is 423 g/mol. The molecule has 0 unspecified atom stereocenters. The minimum absolute atomic E-state index is 0.158. The van der Waals surface area contributed by atoms with E-state index in [0.717, 1.165) is 19.6 Å². The van der Waals surface area contributed by atoms with Gasteiger partial charge in [0.15, 0.2) is 5.13 Å². The Bertz CT molecular complexity index is 1100. The Morgan fingerprint density at radius 3 is 2.77 bits per heavy atom. The number of para-hydroxylation sites is 1. The molecule has 0 radical (unpaired) electrons. The van der Waals surface area contributed by atoms with E-state index in [-0.39, 0.29) is 16.8 Å². The van der Waals surface area contributed by atoms with Gasteiger partial charge in [-0.05, 0) is 24.6 Å². The van der Waals surface area contributed by atoms with Crippen molar-refractivity contribution in [1.82, 2.24) is 9.88 Å². The van der Waals surface area contributed by atoms with Crippen molar-refractivity contribution in [3.63, 3.8) is 0 Å². The quantitative estimate of drug-likeness (QED) is 0.408. The van der Waals surface area contributed by atoms with Gasteiger partial charge in [0, 0.05) is 43.9 Å². The number of thiazole rings is 1. The predicted molar refractivity (Wildman–Crippen MR) is 116 cm³/mol. The zero-order valence-electron chi connectivity index (χ0n) is 16.7. The fraction of sp³-hybridized carbons (Fsp3) is 0.333. The molecule has 8 nitrogen and oxygen atoms in total. The van der Waals surface area contributed by atoms with Crippen LogP contribution in [0.3, 0.4) is 0 Å². The SMILES string of the molecule is O=C(c1cccc([N+](=O)[O-])c1)N(CCCN1CCOCC1)c1nc2c(F)cccc2s1. The second-order valence-corrected chi connectivity index (χ2v) is 8.16. The van der Waals surface area contributed by atoms with Gasteiger partial charge in [0.05, 0.1) is 22.8 Å². The molecule has 2 heterocycles. The molecule has 162 valence electrons. The summed E-state index contributed by atoms with van der Waals surface area (Å²) in [6.07, 6.45) is 0.680. The Kier molecular flexibility index (Phi) is 6.50. The molecule has 0 bridgehead atoms. The van der Waals surface area contributed by atoms with Gasteiger partial charge in [-0.1, -0.05) is 23.5 Å². The van der Waals surface area contributed by atoms with Crippen LogP contribution in [0.5, 0.6) is 0 Å². The molecule has 0 atom stereocenters. The van der Waals surface area contributed by atoms with Gasteiger partial charge >= 0.3 is 0 Å². The maximum absolute atomic E-state index is 14.2. The van der Waals surface area contributed by atoms with Crippen LogP contribution in [0.4, 0.5) is 15.2 Å². The first-order valence-electron chi connectivity index (χ1n) is 9.94. The average molecular weight is 444 g/mol. The lowest BCUT2D eigenvalue weighted by Crippen LogP contribution is -2.39. The van der Waals surface area contributed by atoms with Crippen LogP contribution in [-0.4, -0.2) is 60.1 Å². The van der Waals surface area contributed by atoms with Crippen LogP contribution in [-0.2, 0) is 4.74 Å². The van der Waals surface area contributed by atoms with Gasteiger partial charge in [-0.25, -0.2) is 9.37 Å². The van der Waals surface area contributed by atoms with E-state index in [1.54, 1.807) is 12.1 Å². The first kappa shape index (κ1) is 21.3. The number of amides is 1. The number of benzene rings is 2. The van der Waals surface area contributed by atoms with Crippen molar-refractivity contribution in [3.05, 3.63) is 64.0 Å². The Morgan fingerprint density at radius 1 is 1.26 bits per heavy atom. The summed E-state index contributed by atoms with van der Waals surface area (Å²) in [4.78, 5) is 32.0. The third-order valence-corrected chi connectivity index (χ3v) is 6.14. The zero-order valence-corrected chi connectivity index (χ0v) is 17.5. The Labute approximate surface area is 182 Å². The van der Waals surface area contributed by atoms with E-state index in [0.29, 0.717) is 36.0 Å². The number of carbonyl (C=O) groups is 1. The smallest absolute Gasteiger partial charge is 0.270 e. The van der Waals surface area contributed by atoms with Crippen molar-refractivity contribution in [1.29, 1.82) is 0 Å². The van der Waals surface area contributed by atoms with Gasteiger partial charge in [0.25, 0.3) is 11.6 Å². The number of morpholine rings is 1. The molecule has 2 aromatic carbocycles. The first-order chi connectivity index (χ1) is 15.0. The predicted octanol–water partition coefficient (Wildman–Crippen LogP) is 3.71. The number of nitro benzene ring substituents is 1. The molecule has 0 N–H and O–H groups in total. The van der Waals surface area contributed by atoms with Crippen LogP contribution in [0.2, 0.25) is 0 Å². The number of carbonyl (C=O) groups excluding carboxylic acids is 1. The Balaban J connectivity index is 1.61. The van der Waals surface area contributed by atoms with Crippen LogP contribution < -0.4 is 4.90 Å². The number of anilines is 1. The van der Waals surface area contributed by atoms with Crippen LogP contribution in [0, 0.1) is 15.9 Å². The normalized spacial score (nSPS) is 14.6. The molecule has 1 aliphatic heterocycles. The number of rotatable bonds is 7. The molecule has 0 spiro atoms. The van der Waals surface area contributed by atoms with E-state index < -0.39 is 16.6 Å². The van der Waals surface area contributed by atoms with Crippen molar-refractivity contribution >= 4 is 38.3 Å². The fourth-order valence-electron chi connectivity index (χ4n) is 3.49. The van der Waals surface area contributed by atoms with Gasteiger partial charge in [0.1, 0.15) is 11.3 Å². The largest absolute Gasteiger partial charge is 0.379 e. The van der Waals surface area contributed by atoms with Gasteiger partial charge in [0.2, 0.25) is 0 Å². The summed E-state index contributed by atoms with van der Waals surface area (Å²) in [5, 5.41) is 11.5. The summed E-state index contributed by atoms with van der Waals surface area (Å²) in [6, 6.07) is 10.3. The highest BCUT2D eigenvalue weighted by molar-refractivity contribution is 7.22. The second kappa shape index (κ2) is 9.46. The molecule has 1 saturated heterocycles. The summed E-state index contributed by atoms with van der Waals surface area (Å²) in [6.45, 7) is 4.19. The molecule has 0 aliphatic carbocycles. The van der Waals surface area contributed by atoms with Crippen LogP contribution >= 0.6 is 11.3 Å². The number of aromatic nitrogens is 1. The Morgan fingerprint density at radius 2 is 2.03 bits per heavy atom. The molecule has 1 amide bonds. The van der Waals surface area contributed by atoms with Gasteiger partial charge < -0.3 is 4.74 Å². The fourth-order valence-corrected chi connectivity index (χ4v) is 4.49. The lowest BCUT2D eigenvalue weighted by atomic mass is 10.1. The molecule has 1 aromatic heterocycles. The number of nitro groups is 1. The second-order valence-electron chi connectivity index (χ2n) is 7.15. The first-order valence-corrected chi connectivity index (χ1v) is 10.8. The third kappa shape index (κ3) is 4.87. The van der Waals surface area contributed by atoms with Crippen molar-refractivity contribution < 1.29 is 18.8 Å². The van der Waals surface area contributed by atoms with E-state index in [9.17, 15) is 19.3 Å². The standard InChI is InChI=1S/C21H21FN4O4S/c22-17-6-2-7-18-19(17)23-21(31-18)25(9-3-8-24-10-12-30-13-11-24)20(27)15-4-1-5-16(14-15)26(28)29/h1-2,4-7,14H,3,8-13H2. The number of hydrogen-bond acceptors (Lipinski definition) is 7. The molecular formula is C21H21FN4O4S. The summed E-state index contributed by atoms with van der Waals surface area (Å²) >= 11 is 1.23. The summed E-state index contributed by atoms with van der Waals surface area (Å²) in [5.74, 6) is -0.846. The highest BCUT2D eigenvalue weighted by Crippen LogP contribution is 2.31. The molecule has 0 saturated carbocycles. The average Bonchev–Trinajstić information content (AvgIpc) is 3.22. The number of non-ortho nitro benzene ring substituents is 1. The Hall–Kier alpha value is -2.95. The third-order valence-electron chi connectivity index (χ3n) is 5.10. The van der Waals surface area contributed by atoms with E-state index in [1.807, 2.05) is 0 Å². The maximum atomic E-state index is 14.2. The molecule has 1 aliphatic rings. The number of fused-ring (bicyclic) bond motifs is 1. The molecule has 3 aromatic rings. The number of halogens is 1. The van der Waals surface area contributed by atoms with Gasteiger partial charge in [-0.15, -0.1) is 0 Å². The lowest BCUT2D eigenvalue weighted by Gasteiger charge is -2.27. The number of ether oxygens (including phenoxy) is 1. The van der Waals surface area contributed by atoms with Crippen molar-refractivity contribution in [2.75, 3.05) is 44.3 Å². The summed E-state index contributed by atoms with van der Waals surface area (Å²) in [7, 11) is 0. The highest BCUT2D eigenvalue weighted by Gasteiger charge is 2.24. The van der Waals surface area contributed by atoms with E-state index >= 15 is 0 Å².